The van der Waals surface area contributed by atoms with Crippen molar-refractivity contribution in [1.29, 1.82) is 0 Å². The molecule has 0 atom stereocenters. The maximum atomic E-state index is 14.0. The standard InChI is InChI=1S/C32H33Br2Cl2NO3/c1-6-37-23-12-31(2,3)14-25(38)28(23)27(29-24(37)13-32(4,5)15-26(29)39)20-9-18(33)10-21(34)30(20)40-16-17-7-8-19(35)11-22(17)36/h7-11,27H,6,12-16H2,1-5H3. The minimum absolute atomic E-state index is 0.0988. The van der Waals surface area contributed by atoms with E-state index >= 15 is 0 Å². The quantitative estimate of drug-likeness (QED) is 0.310. The van der Waals surface area contributed by atoms with Crippen molar-refractivity contribution in [3.63, 3.8) is 0 Å². The average Bonchev–Trinajstić information content (AvgIpc) is 2.81. The normalized spacial score (nSPS) is 20.6. The fraction of sp³-hybridized carbons (Fsp3) is 0.438. The van der Waals surface area contributed by atoms with E-state index in [1.807, 2.05) is 18.2 Å². The van der Waals surface area contributed by atoms with Gasteiger partial charge in [0.2, 0.25) is 0 Å². The Bertz CT molecular complexity index is 1440. The highest BCUT2D eigenvalue weighted by molar-refractivity contribution is 9.11. The van der Waals surface area contributed by atoms with E-state index in [0.717, 1.165) is 55.5 Å². The molecule has 8 heteroatoms. The Kier molecular flexibility index (Phi) is 8.15. The Morgan fingerprint density at radius 2 is 1.48 bits per heavy atom. The van der Waals surface area contributed by atoms with Gasteiger partial charge in [-0.15, -0.1) is 0 Å². The van der Waals surface area contributed by atoms with Crippen molar-refractivity contribution in [2.45, 2.75) is 72.8 Å². The predicted molar refractivity (Wildman–Crippen MR) is 168 cm³/mol. The molecule has 0 unspecified atom stereocenters. The molecule has 0 radical (unpaired) electrons. The van der Waals surface area contributed by atoms with Crippen LogP contribution in [0, 0.1) is 10.8 Å². The number of carbonyl (C=O) groups is 2. The Balaban J connectivity index is 1.72. The van der Waals surface area contributed by atoms with Crippen molar-refractivity contribution >= 4 is 66.6 Å². The van der Waals surface area contributed by atoms with Crippen LogP contribution in [0.3, 0.4) is 0 Å². The van der Waals surface area contributed by atoms with Crippen LogP contribution in [-0.4, -0.2) is 23.0 Å². The number of hydrogen-bond acceptors (Lipinski definition) is 4. The monoisotopic (exact) mass is 707 g/mol. The van der Waals surface area contributed by atoms with Crippen molar-refractivity contribution in [3.05, 3.63) is 83.0 Å². The highest BCUT2D eigenvalue weighted by Gasteiger charge is 2.49. The molecule has 4 nitrogen and oxygen atoms in total. The van der Waals surface area contributed by atoms with Crippen molar-refractivity contribution in [2.24, 2.45) is 10.8 Å². The molecule has 0 N–H and O–H groups in total. The van der Waals surface area contributed by atoms with Crippen LogP contribution in [0.5, 0.6) is 5.75 Å². The van der Waals surface area contributed by atoms with E-state index in [1.165, 1.54) is 0 Å². The number of nitrogens with zero attached hydrogens (tertiary/aromatic N) is 1. The van der Waals surface area contributed by atoms with E-state index in [2.05, 4.69) is 71.4 Å². The van der Waals surface area contributed by atoms with E-state index < -0.39 is 5.92 Å². The molecule has 2 aliphatic carbocycles. The summed E-state index contributed by atoms with van der Waals surface area (Å²) in [6.45, 7) is 11.6. The molecule has 0 saturated heterocycles. The second-order valence-corrected chi connectivity index (χ2v) is 15.2. The van der Waals surface area contributed by atoms with Crippen LogP contribution in [0.1, 0.15) is 77.3 Å². The van der Waals surface area contributed by atoms with Gasteiger partial charge in [0.15, 0.2) is 11.6 Å². The highest BCUT2D eigenvalue weighted by atomic mass is 79.9. The summed E-state index contributed by atoms with van der Waals surface area (Å²) in [6.07, 6.45) is 2.42. The smallest absolute Gasteiger partial charge is 0.162 e. The lowest BCUT2D eigenvalue weighted by molar-refractivity contribution is -0.119. The number of carbonyl (C=O) groups excluding carboxylic acids is 2. The number of ether oxygens (including phenoxy) is 1. The molecule has 40 heavy (non-hydrogen) atoms. The number of allylic oxidation sites excluding steroid dienone is 4. The van der Waals surface area contributed by atoms with Crippen molar-refractivity contribution in [3.8, 4) is 5.75 Å². The van der Waals surface area contributed by atoms with E-state index in [-0.39, 0.29) is 29.0 Å². The molecule has 5 rings (SSSR count). The van der Waals surface area contributed by atoms with Gasteiger partial charge >= 0.3 is 0 Å². The Hall–Kier alpha value is -1.60. The molecule has 0 bridgehead atoms. The van der Waals surface area contributed by atoms with Crippen LogP contribution in [0.4, 0.5) is 0 Å². The summed E-state index contributed by atoms with van der Waals surface area (Å²) < 4.78 is 8.04. The Morgan fingerprint density at radius 3 is 2.00 bits per heavy atom. The summed E-state index contributed by atoms with van der Waals surface area (Å²) in [5.41, 5.74) is 4.80. The van der Waals surface area contributed by atoms with Crippen molar-refractivity contribution < 1.29 is 14.3 Å². The molecule has 2 aromatic rings. The third-order valence-electron chi connectivity index (χ3n) is 8.07. The summed E-state index contributed by atoms with van der Waals surface area (Å²) in [6, 6.07) is 9.23. The molecule has 2 aromatic carbocycles. The van der Waals surface area contributed by atoms with Crippen LogP contribution in [0.15, 0.2) is 61.8 Å². The van der Waals surface area contributed by atoms with E-state index in [9.17, 15) is 9.59 Å². The van der Waals surface area contributed by atoms with Crippen LogP contribution in [-0.2, 0) is 16.2 Å². The first-order valence-electron chi connectivity index (χ1n) is 13.6. The third kappa shape index (κ3) is 5.58. The summed E-state index contributed by atoms with van der Waals surface area (Å²) >= 11 is 19.9. The van der Waals surface area contributed by atoms with Crippen LogP contribution in [0.25, 0.3) is 0 Å². The fourth-order valence-corrected chi connectivity index (χ4v) is 8.31. The first-order valence-corrected chi connectivity index (χ1v) is 15.9. The third-order valence-corrected chi connectivity index (χ3v) is 9.71. The number of rotatable bonds is 5. The summed E-state index contributed by atoms with van der Waals surface area (Å²) in [7, 11) is 0. The van der Waals surface area contributed by atoms with Gasteiger partial charge in [0.25, 0.3) is 0 Å². The van der Waals surface area contributed by atoms with Crippen molar-refractivity contribution in [1.82, 2.24) is 4.90 Å². The molecule has 0 amide bonds. The number of hydrogen-bond donors (Lipinski definition) is 0. The SMILES string of the molecule is CCN1C2=C(C(=O)CC(C)(C)C2)C(c2cc(Br)cc(Br)c2OCc2ccc(Cl)cc2Cl)C2=C1CC(C)(C)CC2=O. The van der Waals surface area contributed by atoms with Gasteiger partial charge in [0.1, 0.15) is 12.4 Å². The van der Waals surface area contributed by atoms with Gasteiger partial charge in [-0.25, -0.2) is 0 Å². The Labute approximate surface area is 263 Å². The fourth-order valence-electron chi connectivity index (χ4n) is 6.48. The summed E-state index contributed by atoms with van der Waals surface area (Å²) in [5.74, 6) is 0.283. The second kappa shape index (κ2) is 10.9. The van der Waals surface area contributed by atoms with E-state index in [0.29, 0.717) is 35.2 Å². The zero-order valence-corrected chi connectivity index (χ0v) is 28.1. The summed E-state index contributed by atoms with van der Waals surface area (Å²) in [5, 5.41) is 1.07. The van der Waals surface area contributed by atoms with Gasteiger partial charge in [0.05, 0.1) is 4.47 Å². The molecule has 0 aromatic heterocycles. The van der Waals surface area contributed by atoms with Gasteiger partial charge in [-0.2, -0.15) is 0 Å². The average molecular weight is 710 g/mol. The van der Waals surface area contributed by atoms with E-state index in [4.69, 9.17) is 27.9 Å². The van der Waals surface area contributed by atoms with Crippen molar-refractivity contribution in [2.75, 3.05) is 6.54 Å². The lowest BCUT2D eigenvalue weighted by Gasteiger charge is -2.49. The van der Waals surface area contributed by atoms with Gasteiger partial charge in [-0.3, -0.25) is 9.59 Å². The van der Waals surface area contributed by atoms with Crippen LogP contribution >= 0.6 is 55.1 Å². The molecule has 212 valence electrons. The molecule has 1 aliphatic heterocycles. The van der Waals surface area contributed by atoms with Gasteiger partial charge in [0, 0.05) is 73.5 Å². The number of halogens is 4. The second-order valence-electron chi connectivity index (χ2n) is 12.6. The lowest BCUT2D eigenvalue weighted by Crippen LogP contribution is -2.44. The number of ketones is 2. The molecule has 0 spiro atoms. The zero-order valence-electron chi connectivity index (χ0n) is 23.4. The molecular weight excluding hydrogens is 677 g/mol. The van der Waals surface area contributed by atoms with Gasteiger partial charge in [-0.1, -0.05) is 72.9 Å². The molecule has 0 saturated carbocycles. The van der Waals surface area contributed by atoms with Crippen LogP contribution in [0.2, 0.25) is 10.0 Å². The zero-order chi connectivity index (χ0) is 29.1. The van der Waals surface area contributed by atoms with Crippen LogP contribution < -0.4 is 4.74 Å². The Morgan fingerprint density at radius 1 is 0.900 bits per heavy atom. The first kappa shape index (κ1) is 29.9. The highest BCUT2D eigenvalue weighted by Crippen LogP contribution is 2.56. The van der Waals surface area contributed by atoms with E-state index in [1.54, 1.807) is 12.1 Å². The van der Waals surface area contributed by atoms with Gasteiger partial charge in [-0.05, 0) is 70.8 Å². The molecule has 3 aliphatic rings. The van der Waals surface area contributed by atoms with Gasteiger partial charge < -0.3 is 9.64 Å². The topological polar surface area (TPSA) is 46.6 Å². The largest absolute Gasteiger partial charge is 0.487 e. The summed E-state index contributed by atoms with van der Waals surface area (Å²) in [4.78, 5) is 30.3. The maximum Gasteiger partial charge on any atom is 0.162 e. The maximum absolute atomic E-state index is 14.0. The molecular formula is C32H33Br2Cl2NO3. The first-order chi connectivity index (χ1) is 18.7. The number of Topliss-reactive ketones (excluding diaryl/α,β-unsaturated/α-hetero) is 2. The number of benzene rings is 2. The predicted octanol–water partition coefficient (Wildman–Crippen LogP) is 9.80. The minimum atomic E-state index is -0.510. The molecule has 1 heterocycles. The molecule has 0 fully saturated rings. The minimum Gasteiger partial charge on any atom is -0.487 e. The lowest BCUT2D eigenvalue weighted by atomic mass is 9.63.